The number of nitrogens with one attached hydrogen (secondary N) is 2. The maximum Gasteiger partial charge on any atom is 0.323 e. The van der Waals surface area contributed by atoms with Gasteiger partial charge in [-0.2, -0.15) is 0 Å². The quantitative estimate of drug-likeness (QED) is 0.513. The molecule has 1 unspecified atom stereocenters. The lowest BCUT2D eigenvalue weighted by molar-refractivity contribution is -0.146. The van der Waals surface area contributed by atoms with Crippen LogP contribution in [0.4, 0.5) is 0 Å². The van der Waals surface area contributed by atoms with E-state index < -0.39 is 0 Å². The van der Waals surface area contributed by atoms with Crippen molar-refractivity contribution < 1.29 is 14.3 Å². The van der Waals surface area contributed by atoms with Crippen LogP contribution >= 0.6 is 0 Å². The Kier molecular flexibility index (Phi) is 6.32. The second-order valence-corrected chi connectivity index (χ2v) is 3.95. The molecule has 0 spiro atoms. The van der Waals surface area contributed by atoms with E-state index in [1.807, 2.05) is 12.2 Å². The van der Waals surface area contributed by atoms with Gasteiger partial charge in [-0.3, -0.25) is 9.59 Å². The highest BCUT2D eigenvalue weighted by atomic mass is 16.5. The van der Waals surface area contributed by atoms with E-state index in [0.29, 0.717) is 19.4 Å². The second-order valence-electron chi connectivity index (χ2n) is 3.95. The number of esters is 1. The van der Waals surface area contributed by atoms with Crippen molar-refractivity contribution in [3.05, 3.63) is 12.2 Å². The van der Waals surface area contributed by atoms with E-state index in [0.717, 1.165) is 12.8 Å². The minimum atomic E-state index is -0.267. The van der Waals surface area contributed by atoms with Gasteiger partial charge >= 0.3 is 5.97 Å². The van der Waals surface area contributed by atoms with Gasteiger partial charge in [0.15, 0.2) is 0 Å². The Morgan fingerprint density at radius 1 is 1.35 bits per heavy atom. The summed E-state index contributed by atoms with van der Waals surface area (Å²) in [5.74, 6) is -0.260. The molecule has 0 radical (unpaired) electrons. The van der Waals surface area contributed by atoms with Crippen molar-refractivity contribution in [2.45, 2.75) is 31.7 Å². The molecule has 1 heterocycles. The Morgan fingerprint density at radius 2 is 2.12 bits per heavy atom. The van der Waals surface area contributed by atoms with Crippen LogP contribution in [0.5, 0.6) is 0 Å². The minimum Gasteiger partial charge on any atom is -0.463 e. The third-order valence-electron chi connectivity index (χ3n) is 2.63. The summed E-state index contributed by atoms with van der Waals surface area (Å²) in [6.45, 7) is 0.612. The van der Waals surface area contributed by atoms with Crippen LogP contribution in [0.1, 0.15) is 25.7 Å². The molecule has 2 N–H and O–H groups in total. The molecule has 17 heavy (non-hydrogen) atoms. The first-order chi connectivity index (χ1) is 8.24. The van der Waals surface area contributed by atoms with E-state index >= 15 is 0 Å². The SMILES string of the molecule is CNC1CC/C=C\CCC(=O)NCCOC1=O. The van der Waals surface area contributed by atoms with E-state index in [9.17, 15) is 9.59 Å². The summed E-state index contributed by atoms with van der Waals surface area (Å²) < 4.78 is 5.07. The lowest BCUT2D eigenvalue weighted by Crippen LogP contribution is -2.37. The highest BCUT2D eigenvalue weighted by molar-refractivity contribution is 5.76. The first-order valence-electron chi connectivity index (χ1n) is 5.99. The van der Waals surface area contributed by atoms with Crippen molar-refractivity contribution >= 4 is 11.9 Å². The lowest BCUT2D eigenvalue weighted by Gasteiger charge is -2.14. The van der Waals surface area contributed by atoms with Crippen molar-refractivity contribution in [2.24, 2.45) is 0 Å². The third kappa shape index (κ3) is 5.49. The zero-order valence-electron chi connectivity index (χ0n) is 10.2. The molecule has 1 rings (SSSR count). The van der Waals surface area contributed by atoms with Crippen molar-refractivity contribution in [1.29, 1.82) is 0 Å². The fraction of sp³-hybridized carbons (Fsp3) is 0.667. The van der Waals surface area contributed by atoms with Gasteiger partial charge in [0, 0.05) is 6.42 Å². The number of rotatable bonds is 1. The second kappa shape index (κ2) is 7.84. The van der Waals surface area contributed by atoms with Gasteiger partial charge in [-0.15, -0.1) is 0 Å². The fourth-order valence-electron chi connectivity index (χ4n) is 1.62. The number of amides is 1. The maximum atomic E-state index is 11.6. The van der Waals surface area contributed by atoms with Gasteiger partial charge in [-0.05, 0) is 26.3 Å². The fourth-order valence-corrected chi connectivity index (χ4v) is 1.62. The molecular formula is C12H20N2O3. The molecule has 0 bridgehead atoms. The highest BCUT2D eigenvalue weighted by Crippen LogP contribution is 2.03. The van der Waals surface area contributed by atoms with E-state index in [-0.39, 0.29) is 24.5 Å². The van der Waals surface area contributed by atoms with Crippen LogP contribution in [-0.2, 0) is 14.3 Å². The normalized spacial score (nSPS) is 25.8. The van der Waals surface area contributed by atoms with E-state index in [1.165, 1.54) is 0 Å². The molecule has 0 aliphatic carbocycles. The first-order valence-corrected chi connectivity index (χ1v) is 5.99. The molecule has 0 fully saturated rings. The maximum absolute atomic E-state index is 11.6. The minimum absolute atomic E-state index is 0.00453. The van der Waals surface area contributed by atoms with Crippen LogP contribution in [-0.4, -0.2) is 38.1 Å². The summed E-state index contributed by atoms with van der Waals surface area (Å²) in [5, 5.41) is 5.64. The number of cyclic esters (lactones) is 1. The van der Waals surface area contributed by atoms with Gasteiger partial charge in [-0.25, -0.2) is 0 Å². The number of hydrogen-bond acceptors (Lipinski definition) is 4. The van der Waals surface area contributed by atoms with Gasteiger partial charge < -0.3 is 15.4 Å². The zero-order chi connectivity index (χ0) is 12.5. The zero-order valence-corrected chi connectivity index (χ0v) is 10.2. The summed E-state index contributed by atoms with van der Waals surface area (Å²) >= 11 is 0. The Balaban J connectivity index is 2.50. The van der Waals surface area contributed by atoms with E-state index in [1.54, 1.807) is 7.05 Å². The Bertz CT molecular complexity index is 289. The Labute approximate surface area is 102 Å². The molecule has 1 aliphatic rings. The standard InChI is InChI=1S/C12H20N2O3/c1-13-10-6-4-2-3-5-7-11(15)14-8-9-17-12(10)16/h2-3,10,13H,4-9H2,1H3,(H,14,15)/b3-2-. The first kappa shape index (κ1) is 13.7. The molecule has 0 saturated carbocycles. The van der Waals surface area contributed by atoms with Crippen LogP contribution < -0.4 is 10.6 Å². The van der Waals surface area contributed by atoms with Crippen molar-refractivity contribution in [2.75, 3.05) is 20.2 Å². The third-order valence-corrected chi connectivity index (χ3v) is 2.63. The summed E-state index contributed by atoms with van der Waals surface area (Å²) in [6.07, 6.45) is 6.73. The monoisotopic (exact) mass is 240 g/mol. The number of hydrogen-bond donors (Lipinski definition) is 2. The predicted molar refractivity (Wildman–Crippen MR) is 64.4 cm³/mol. The molecule has 0 saturated heterocycles. The van der Waals surface area contributed by atoms with Crippen LogP contribution in [0.3, 0.4) is 0 Å². The van der Waals surface area contributed by atoms with Crippen LogP contribution in [0.2, 0.25) is 0 Å². The number of allylic oxidation sites excluding steroid dienone is 2. The largest absolute Gasteiger partial charge is 0.463 e. The average Bonchev–Trinajstić information content (AvgIpc) is 2.34. The van der Waals surface area contributed by atoms with Crippen molar-refractivity contribution in [3.8, 4) is 0 Å². The Hall–Kier alpha value is -1.36. The molecule has 1 aliphatic heterocycles. The van der Waals surface area contributed by atoms with E-state index in [4.69, 9.17) is 4.74 Å². The molecular weight excluding hydrogens is 220 g/mol. The van der Waals surface area contributed by atoms with Gasteiger partial charge in [0.2, 0.25) is 5.91 Å². The van der Waals surface area contributed by atoms with Gasteiger partial charge in [0.05, 0.1) is 6.54 Å². The summed E-state index contributed by atoms with van der Waals surface area (Å²) in [6, 6.07) is -0.267. The molecule has 0 aromatic carbocycles. The van der Waals surface area contributed by atoms with Gasteiger partial charge in [0.1, 0.15) is 12.6 Å². The number of ether oxygens (including phenoxy) is 1. The van der Waals surface area contributed by atoms with Crippen molar-refractivity contribution in [3.63, 3.8) is 0 Å². The number of carbonyl (C=O) groups is 2. The molecule has 96 valence electrons. The number of carbonyl (C=O) groups excluding carboxylic acids is 2. The Morgan fingerprint density at radius 3 is 2.88 bits per heavy atom. The lowest BCUT2D eigenvalue weighted by atomic mass is 10.1. The highest BCUT2D eigenvalue weighted by Gasteiger charge is 2.16. The molecule has 5 heteroatoms. The van der Waals surface area contributed by atoms with Gasteiger partial charge in [0.25, 0.3) is 0 Å². The molecule has 0 aromatic rings. The summed E-state index contributed by atoms with van der Waals surface area (Å²) in [4.78, 5) is 22.9. The van der Waals surface area contributed by atoms with Crippen LogP contribution in [0.15, 0.2) is 12.2 Å². The molecule has 1 amide bonds. The van der Waals surface area contributed by atoms with Crippen LogP contribution in [0.25, 0.3) is 0 Å². The van der Waals surface area contributed by atoms with Crippen LogP contribution in [0, 0.1) is 0 Å². The number of likely N-dealkylation sites (N-methyl/N-ethyl adjacent to an activating group) is 1. The predicted octanol–water partition coefficient (Wildman–Crippen LogP) is 0.364. The topological polar surface area (TPSA) is 67.4 Å². The molecule has 5 nitrogen and oxygen atoms in total. The van der Waals surface area contributed by atoms with E-state index in [2.05, 4.69) is 10.6 Å². The van der Waals surface area contributed by atoms with Gasteiger partial charge in [-0.1, -0.05) is 12.2 Å². The smallest absolute Gasteiger partial charge is 0.323 e. The summed E-state index contributed by atoms with van der Waals surface area (Å²) in [5.41, 5.74) is 0. The van der Waals surface area contributed by atoms with Crippen molar-refractivity contribution in [1.82, 2.24) is 10.6 Å². The molecule has 0 aromatic heterocycles. The molecule has 1 atom stereocenters. The summed E-state index contributed by atoms with van der Waals surface area (Å²) in [7, 11) is 1.75. The average molecular weight is 240 g/mol.